The maximum absolute atomic E-state index is 13.9. The Bertz CT molecular complexity index is 1170. The number of carbonyl (C=O) groups excluding carboxylic acids is 3. The highest BCUT2D eigenvalue weighted by Gasteiger charge is 2.51. The number of hydrogen-bond donors (Lipinski definition) is 1. The van der Waals surface area contributed by atoms with E-state index in [0.29, 0.717) is 11.3 Å². The molecule has 1 aliphatic heterocycles. The zero-order valence-electron chi connectivity index (χ0n) is 21.9. The van der Waals surface area contributed by atoms with Crippen LogP contribution in [0, 0.1) is 0 Å². The van der Waals surface area contributed by atoms with E-state index < -0.39 is 35.7 Å². The fourth-order valence-corrected chi connectivity index (χ4v) is 4.67. The molecule has 1 unspecified atom stereocenters. The normalized spacial score (nSPS) is 17.8. The van der Waals surface area contributed by atoms with Gasteiger partial charge in [0.25, 0.3) is 5.91 Å². The molecule has 1 fully saturated rings. The van der Waals surface area contributed by atoms with Gasteiger partial charge in [0, 0.05) is 25.1 Å². The molecule has 1 aliphatic rings. The summed E-state index contributed by atoms with van der Waals surface area (Å²) in [4.78, 5) is 54.0. The molecule has 0 aliphatic carbocycles. The number of piperazine rings is 1. The number of aliphatic carboxylic acids is 1. The van der Waals surface area contributed by atoms with Gasteiger partial charge in [-0.25, -0.2) is 4.79 Å². The minimum Gasteiger partial charge on any atom is -0.496 e. The van der Waals surface area contributed by atoms with Gasteiger partial charge in [-0.05, 0) is 28.7 Å². The average Bonchev–Trinajstić information content (AvgIpc) is 2.87. The summed E-state index contributed by atoms with van der Waals surface area (Å²) in [6.07, 6.45) is -0.523. The number of carboxylic acids is 1. The fraction of sp³-hybridized carbons (Fsp3) is 0.429. The van der Waals surface area contributed by atoms with Crippen molar-refractivity contribution in [2.24, 2.45) is 0 Å². The number of nitrogens with zero attached hydrogens (tertiary/aromatic N) is 2. The SMILES string of the molecule is COC(=O)CC(=O)N1CCN(C(=O)c2ccc(C(C)(C)C)c(OC)c2)C(Cc2ccccc2)(C(=O)O)C1. The second-order valence-electron chi connectivity index (χ2n) is 10.2. The monoisotopic (exact) mass is 510 g/mol. The molecule has 0 spiro atoms. The Kier molecular flexibility index (Phi) is 8.25. The molecule has 0 bridgehead atoms. The molecule has 0 radical (unpaired) electrons. The highest BCUT2D eigenvalue weighted by molar-refractivity contribution is 6.00. The number of methoxy groups -OCH3 is 2. The molecule has 1 saturated heterocycles. The highest BCUT2D eigenvalue weighted by Crippen LogP contribution is 2.34. The van der Waals surface area contributed by atoms with Gasteiger partial charge in [-0.1, -0.05) is 57.2 Å². The van der Waals surface area contributed by atoms with Gasteiger partial charge in [-0.15, -0.1) is 0 Å². The zero-order valence-corrected chi connectivity index (χ0v) is 21.9. The quantitative estimate of drug-likeness (QED) is 0.450. The molecule has 2 aromatic carbocycles. The van der Waals surface area contributed by atoms with Crippen molar-refractivity contribution in [1.29, 1.82) is 0 Å². The van der Waals surface area contributed by atoms with Crippen LogP contribution in [0.5, 0.6) is 5.75 Å². The van der Waals surface area contributed by atoms with E-state index in [1.807, 2.05) is 32.9 Å². The molecule has 0 aromatic heterocycles. The summed E-state index contributed by atoms with van der Waals surface area (Å²) in [5.74, 6) is -2.43. The summed E-state index contributed by atoms with van der Waals surface area (Å²) in [6, 6.07) is 14.1. The van der Waals surface area contributed by atoms with Crippen LogP contribution in [-0.2, 0) is 31.0 Å². The van der Waals surface area contributed by atoms with E-state index in [4.69, 9.17) is 4.74 Å². The third-order valence-electron chi connectivity index (χ3n) is 6.68. The molecule has 1 heterocycles. The van der Waals surface area contributed by atoms with Crippen LogP contribution in [0.2, 0.25) is 0 Å². The van der Waals surface area contributed by atoms with Gasteiger partial charge in [0.05, 0.1) is 20.8 Å². The zero-order chi connectivity index (χ0) is 27.4. The lowest BCUT2D eigenvalue weighted by molar-refractivity contribution is -0.158. The van der Waals surface area contributed by atoms with Crippen molar-refractivity contribution in [2.45, 2.75) is 44.6 Å². The van der Waals surface area contributed by atoms with Crippen molar-refractivity contribution in [1.82, 2.24) is 9.80 Å². The van der Waals surface area contributed by atoms with E-state index in [1.165, 1.54) is 24.0 Å². The fourth-order valence-electron chi connectivity index (χ4n) is 4.67. The predicted molar refractivity (Wildman–Crippen MR) is 136 cm³/mol. The standard InChI is InChI=1S/C28H34N2O7/c1-27(2,3)21-12-11-20(15-22(21)36-4)25(33)30-14-13-29(23(31)16-24(32)37-5)18-28(30,26(34)35)17-19-9-7-6-8-10-19/h6-12,15H,13-14,16-18H2,1-5H3,(H,34,35). The van der Waals surface area contributed by atoms with E-state index in [0.717, 1.165) is 5.56 Å². The Balaban J connectivity index is 2.05. The van der Waals surface area contributed by atoms with Gasteiger partial charge in [0.1, 0.15) is 12.2 Å². The van der Waals surface area contributed by atoms with Crippen molar-refractivity contribution >= 4 is 23.8 Å². The van der Waals surface area contributed by atoms with Crippen LogP contribution in [0.3, 0.4) is 0 Å². The van der Waals surface area contributed by atoms with Crippen LogP contribution in [0.4, 0.5) is 0 Å². The van der Waals surface area contributed by atoms with Gasteiger partial charge in [-0.2, -0.15) is 0 Å². The van der Waals surface area contributed by atoms with Crippen LogP contribution >= 0.6 is 0 Å². The molecule has 37 heavy (non-hydrogen) atoms. The first kappa shape index (κ1) is 27.7. The maximum atomic E-state index is 13.9. The third-order valence-corrected chi connectivity index (χ3v) is 6.68. The molecular formula is C28H34N2O7. The second-order valence-corrected chi connectivity index (χ2v) is 10.2. The number of amides is 2. The van der Waals surface area contributed by atoms with Crippen molar-refractivity contribution in [2.75, 3.05) is 33.9 Å². The van der Waals surface area contributed by atoms with Gasteiger partial charge < -0.3 is 24.4 Å². The molecule has 1 atom stereocenters. The summed E-state index contributed by atoms with van der Waals surface area (Å²) < 4.78 is 10.2. The lowest BCUT2D eigenvalue weighted by Gasteiger charge is -2.48. The highest BCUT2D eigenvalue weighted by atomic mass is 16.5. The van der Waals surface area contributed by atoms with Crippen LogP contribution in [0.25, 0.3) is 0 Å². The lowest BCUT2D eigenvalue weighted by Crippen LogP contribution is -2.69. The van der Waals surface area contributed by atoms with Crippen molar-refractivity contribution in [3.63, 3.8) is 0 Å². The largest absolute Gasteiger partial charge is 0.496 e. The minimum absolute atomic E-state index is 0.0196. The molecular weight excluding hydrogens is 476 g/mol. The van der Waals surface area contributed by atoms with Gasteiger partial charge in [-0.3, -0.25) is 14.4 Å². The molecule has 0 saturated carbocycles. The van der Waals surface area contributed by atoms with E-state index in [-0.39, 0.29) is 37.0 Å². The molecule has 9 heteroatoms. The average molecular weight is 511 g/mol. The van der Waals surface area contributed by atoms with Crippen molar-refractivity contribution in [3.05, 3.63) is 65.2 Å². The number of carboxylic acid groups (broad SMARTS) is 1. The Morgan fingerprint density at radius 2 is 1.68 bits per heavy atom. The Morgan fingerprint density at radius 1 is 1.00 bits per heavy atom. The maximum Gasteiger partial charge on any atom is 0.331 e. The Hall–Kier alpha value is -3.88. The first-order valence-electron chi connectivity index (χ1n) is 12.1. The summed E-state index contributed by atoms with van der Waals surface area (Å²) in [5.41, 5.74) is -0.0724. The smallest absolute Gasteiger partial charge is 0.331 e. The summed E-state index contributed by atoms with van der Waals surface area (Å²) in [5, 5.41) is 10.5. The number of rotatable bonds is 7. The third kappa shape index (κ3) is 5.93. The molecule has 3 rings (SSSR count). The van der Waals surface area contributed by atoms with Crippen LogP contribution < -0.4 is 4.74 Å². The van der Waals surface area contributed by atoms with Gasteiger partial charge in [0.2, 0.25) is 5.91 Å². The number of benzene rings is 2. The molecule has 198 valence electrons. The minimum atomic E-state index is -1.75. The summed E-state index contributed by atoms with van der Waals surface area (Å²) in [7, 11) is 2.71. The van der Waals surface area contributed by atoms with Crippen LogP contribution in [-0.4, -0.2) is 78.1 Å². The molecule has 9 nitrogen and oxygen atoms in total. The number of ether oxygens (including phenoxy) is 2. The Labute approximate surface area is 217 Å². The summed E-state index contributed by atoms with van der Waals surface area (Å²) in [6.45, 7) is 5.90. The predicted octanol–water partition coefficient (Wildman–Crippen LogP) is 2.91. The molecule has 2 amide bonds. The Morgan fingerprint density at radius 3 is 2.24 bits per heavy atom. The van der Waals surface area contributed by atoms with E-state index >= 15 is 0 Å². The first-order chi connectivity index (χ1) is 17.4. The number of esters is 1. The molecule has 1 N–H and O–H groups in total. The van der Waals surface area contributed by atoms with E-state index in [1.54, 1.807) is 36.4 Å². The van der Waals surface area contributed by atoms with Gasteiger partial charge >= 0.3 is 11.9 Å². The first-order valence-corrected chi connectivity index (χ1v) is 12.1. The number of carbonyl (C=O) groups is 4. The topological polar surface area (TPSA) is 113 Å². The van der Waals surface area contributed by atoms with Crippen LogP contribution in [0.15, 0.2) is 48.5 Å². The number of hydrogen-bond acceptors (Lipinski definition) is 6. The summed E-state index contributed by atoms with van der Waals surface area (Å²) >= 11 is 0. The second kappa shape index (κ2) is 11.0. The van der Waals surface area contributed by atoms with E-state index in [9.17, 15) is 24.3 Å². The van der Waals surface area contributed by atoms with Crippen molar-refractivity contribution in [3.8, 4) is 5.75 Å². The van der Waals surface area contributed by atoms with Gasteiger partial charge in [0.15, 0.2) is 5.54 Å². The lowest BCUT2D eigenvalue weighted by atomic mass is 9.84. The van der Waals surface area contributed by atoms with Crippen LogP contribution in [0.1, 0.15) is 48.7 Å². The molecule has 2 aromatic rings. The van der Waals surface area contributed by atoms with E-state index in [2.05, 4.69) is 4.74 Å². The van der Waals surface area contributed by atoms with Crippen molar-refractivity contribution < 1.29 is 33.8 Å².